The number of ether oxygens (including phenoxy) is 1. The summed E-state index contributed by atoms with van der Waals surface area (Å²) in [6, 6.07) is 8.49. The van der Waals surface area contributed by atoms with Crippen LogP contribution in [-0.4, -0.2) is 36.7 Å². The molecule has 6 nitrogen and oxygen atoms in total. The topological polar surface area (TPSA) is 74.4 Å². The molecule has 2 N–H and O–H groups in total. The number of amides is 1. The fourth-order valence-corrected chi connectivity index (χ4v) is 5.26. The van der Waals surface area contributed by atoms with Gasteiger partial charge in [0, 0.05) is 54.9 Å². The average molecular weight is 464 g/mol. The molecule has 34 heavy (non-hydrogen) atoms. The first kappa shape index (κ1) is 24.3. The van der Waals surface area contributed by atoms with E-state index in [0.717, 1.165) is 87.2 Å². The van der Waals surface area contributed by atoms with Gasteiger partial charge in [0.2, 0.25) is 0 Å². The van der Waals surface area contributed by atoms with Gasteiger partial charge < -0.3 is 19.9 Å². The van der Waals surface area contributed by atoms with Crippen molar-refractivity contribution in [2.75, 3.05) is 24.7 Å². The summed E-state index contributed by atoms with van der Waals surface area (Å²) in [4.78, 5) is 31.5. The minimum Gasteiger partial charge on any atom is -0.381 e. The molecule has 0 spiro atoms. The first-order chi connectivity index (χ1) is 16.6. The average Bonchev–Trinajstić information content (AvgIpc) is 2.84. The third-order valence-electron chi connectivity index (χ3n) is 7.02. The molecule has 0 aliphatic carbocycles. The molecule has 6 heteroatoms. The third kappa shape index (κ3) is 5.61. The summed E-state index contributed by atoms with van der Waals surface area (Å²) in [6.45, 7) is 6.77. The highest BCUT2D eigenvalue weighted by atomic mass is 16.5. The number of aromatic amines is 1. The van der Waals surface area contributed by atoms with Gasteiger partial charge in [0.15, 0.2) is 0 Å². The van der Waals surface area contributed by atoms with E-state index < -0.39 is 0 Å². The first-order valence-electron chi connectivity index (χ1n) is 12.7. The monoisotopic (exact) mass is 463 g/mol. The molecule has 0 unspecified atom stereocenters. The molecule has 1 amide bonds. The molecule has 4 rings (SSSR count). The maximum atomic E-state index is 13.4. The van der Waals surface area contributed by atoms with Crippen LogP contribution in [0.3, 0.4) is 0 Å². The largest absolute Gasteiger partial charge is 0.381 e. The number of benzene rings is 1. The number of pyridine rings is 1. The zero-order valence-electron chi connectivity index (χ0n) is 20.5. The molecule has 2 aliphatic heterocycles. The predicted molar refractivity (Wildman–Crippen MR) is 137 cm³/mol. The van der Waals surface area contributed by atoms with Gasteiger partial charge in [-0.1, -0.05) is 18.2 Å². The minimum atomic E-state index is -0.128. The van der Waals surface area contributed by atoms with Gasteiger partial charge >= 0.3 is 0 Å². The summed E-state index contributed by atoms with van der Waals surface area (Å²) in [5.74, 6) is -0.128. The van der Waals surface area contributed by atoms with E-state index in [2.05, 4.69) is 40.3 Å². The van der Waals surface area contributed by atoms with Gasteiger partial charge in [0.25, 0.3) is 11.5 Å². The number of anilines is 1. The van der Waals surface area contributed by atoms with E-state index >= 15 is 0 Å². The highest BCUT2D eigenvalue weighted by Crippen LogP contribution is 2.30. The lowest BCUT2D eigenvalue weighted by atomic mass is 9.96. The highest BCUT2D eigenvalue weighted by molar-refractivity contribution is 5.97. The van der Waals surface area contributed by atoms with Crippen LogP contribution < -0.4 is 15.8 Å². The van der Waals surface area contributed by atoms with Crippen LogP contribution in [0.4, 0.5) is 5.69 Å². The maximum absolute atomic E-state index is 13.4. The summed E-state index contributed by atoms with van der Waals surface area (Å²) in [6.07, 6.45) is 11.1. The van der Waals surface area contributed by atoms with E-state index in [1.165, 1.54) is 0 Å². The quantitative estimate of drug-likeness (QED) is 0.660. The number of H-pyrrole nitrogens is 1. The van der Waals surface area contributed by atoms with Crippen molar-refractivity contribution in [1.29, 1.82) is 0 Å². The fourth-order valence-electron chi connectivity index (χ4n) is 5.26. The van der Waals surface area contributed by atoms with Crippen molar-refractivity contribution in [3.8, 4) is 0 Å². The number of hydrogen-bond donors (Lipinski definition) is 2. The Hall–Kier alpha value is -2.86. The number of carbonyl (C=O) groups is 1. The summed E-state index contributed by atoms with van der Waals surface area (Å²) < 4.78 is 5.59. The van der Waals surface area contributed by atoms with Gasteiger partial charge in [-0.25, -0.2) is 0 Å². The first-order valence-corrected chi connectivity index (χ1v) is 12.7. The zero-order chi connectivity index (χ0) is 23.9. The smallest absolute Gasteiger partial charge is 0.253 e. The summed E-state index contributed by atoms with van der Waals surface area (Å²) in [5.41, 5.74) is 5.34. The predicted octanol–water partition coefficient (Wildman–Crippen LogP) is 4.44. The maximum Gasteiger partial charge on any atom is 0.253 e. The van der Waals surface area contributed by atoms with Gasteiger partial charge in [-0.05, 0) is 88.1 Å². The molecule has 2 aromatic rings. The van der Waals surface area contributed by atoms with Crippen LogP contribution in [0, 0.1) is 6.92 Å². The Morgan fingerprint density at radius 3 is 2.71 bits per heavy atom. The van der Waals surface area contributed by atoms with E-state index in [4.69, 9.17) is 4.74 Å². The van der Waals surface area contributed by atoms with E-state index in [0.29, 0.717) is 17.2 Å². The van der Waals surface area contributed by atoms with E-state index in [-0.39, 0.29) is 18.0 Å². The number of aryl methyl sites for hydroxylation is 2. The van der Waals surface area contributed by atoms with Crippen LogP contribution in [0.5, 0.6) is 0 Å². The number of aromatic nitrogens is 1. The molecule has 0 bridgehead atoms. The number of hydrogen-bond acceptors (Lipinski definition) is 4. The molecule has 0 radical (unpaired) electrons. The SMILES string of the molecule is CCN(c1cccc2c1C/C=C/CCCCc1cc(C)[nH]c(=O)c1CNC2=O)C1CCOCC1. The number of nitrogens with one attached hydrogen (secondary N) is 2. The molecule has 1 aromatic heterocycles. The van der Waals surface area contributed by atoms with Gasteiger partial charge in [-0.3, -0.25) is 9.59 Å². The molecular weight excluding hydrogens is 426 g/mol. The Kier molecular flexibility index (Phi) is 8.22. The number of nitrogens with zero attached hydrogens (tertiary/aromatic N) is 1. The second kappa shape index (κ2) is 11.5. The van der Waals surface area contributed by atoms with Crippen molar-refractivity contribution in [3.63, 3.8) is 0 Å². The molecule has 182 valence electrons. The normalized spacial score (nSPS) is 18.8. The van der Waals surface area contributed by atoms with Crippen molar-refractivity contribution in [3.05, 3.63) is 74.7 Å². The van der Waals surface area contributed by atoms with E-state index in [9.17, 15) is 9.59 Å². The summed E-state index contributed by atoms with van der Waals surface area (Å²) in [5, 5.41) is 3.05. The van der Waals surface area contributed by atoms with Crippen molar-refractivity contribution < 1.29 is 9.53 Å². The summed E-state index contributed by atoms with van der Waals surface area (Å²) >= 11 is 0. The number of fused-ring (bicyclic) bond motifs is 2. The molecule has 1 saturated heterocycles. The second-order valence-corrected chi connectivity index (χ2v) is 9.32. The molecular formula is C28H37N3O3. The molecule has 3 heterocycles. The van der Waals surface area contributed by atoms with Crippen molar-refractivity contribution in [1.82, 2.24) is 10.3 Å². The highest BCUT2D eigenvalue weighted by Gasteiger charge is 2.25. The van der Waals surface area contributed by atoms with Gasteiger partial charge in [-0.2, -0.15) is 0 Å². The number of carbonyl (C=O) groups excluding carboxylic acids is 1. The second-order valence-electron chi connectivity index (χ2n) is 9.32. The number of allylic oxidation sites excluding steroid dienone is 2. The van der Waals surface area contributed by atoms with Crippen LogP contribution in [-0.2, 0) is 24.1 Å². The minimum absolute atomic E-state index is 0.104. The van der Waals surface area contributed by atoms with Gasteiger partial charge in [0.1, 0.15) is 0 Å². The Morgan fingerprint density at radius 2 is 1.91 bits per heavy atom. The van der Waals surface area contributed by atoms with E-state index in [1.807, 2.05) is 25.1 Å². The molecule has 1 fully saturated rings. The molecule has 2 aliphatic rings. The van der Waals surface area contributed by atoms with Crippen LogP contribution in [0.15, 0.2) is 41.2 Å². The van der Waals surface area contributed by atoms with Crippen molar-refractivity contribution in [2.24, 2.45) is 0 Å². The lowest BCUT2D eigenvalue weighted by molar-refractivity contribution is 0.0845. The Balaban J connectivity index is 1.70. The van der Waals surface area contributed by atoms with Crippen LogP contribution >= 0.6 is 0 Å². The lowest BCUT2D eigenvalue weighted by Gasteiger charge is -2.37. The van der Waals surface area contributed by atoms with Crippen molar-refractivity contribution >= 4 is 11.6 Å². The standard InChI is InChI=1S/C28H37N3O3/c1-3-31(22-14-16-34-17-15-22)26-13-9-12-24-23(26)11-8-6-4-5-7-10-21-18-20(2)30-28(33)25(21)19-29-27(24)32/h6,8-9,12-13,18,22H,3-5,7,10-11,14-17,19H2,1-2H3,(H,29,32)(H,30,33)/b8-6+. The Bertz CT molecular complexity index is 1080. The van der Waals surface area contributed by atoms with Crippen LogP contribution in [0.25, 0.3) is 0 Å². The van der Waals surface area contributed by atoms with Gasteiger partial charge in [0.05, 0.1) is 0 Å². The Morgan fingerprint density at radius 1 is 1.09 bits per heavy atom. The lowest BCUT2D eigenvalue weighted by Crippen LogP contribution is -2.40. The van der Waals surface area contributed by atoms with Crippen molar-refractivity contribution in [2.45, 2.75) is 71.4 Å². The van der Waals surface area contributed by atoms with Gasteiger partial charge in [-0.15, -0.1) is 0 Å². The summed E-state index contributed by atoms with van der Waals surface area (Å²) in [7, 11) is 0. The fraction of sp³-hybridized carbons (Fsp3) is 0.500. The molecule has 0 saturated carbocycles. The van der Waals surface area contributed by atoms with Crippen LogP contribution in [0.1, 0.15) is 71.8 Å². The zero-order valence-corrected chi connectivity index (χ0v) is 20.5. The molecule has 1 aromatic carbocycles. The van der Waals surface area contributed by atoms with E-state index in [1.54, 1.807) is 0 Å². The molecule has 0 atom stereocenters. The number of rotatable bonds is 3. The Labute approximate surface area is 202 Å². The third-order valence-corrected chi connectivity index (χ3v) is 7.02. The van der Waals surface area contributed by atoms with Crippen LogP contribution in [0.2, 0.25) is 0 Å².